The summed E-state index contributed by atoms with van der Waals surface area (Å²) in [5, 5.41) is 13.4. The molecule has 1 N–H and O–H groups in total. The molecule has 1 amide bonds. The van der Waals surface area contributed by atoms with Crippen molar-refractivity contribution < 1.29 is 19.2 Å². The van der Waals surface area contributed by atoms with Gasteiger partial charge in [-0.1, -0.05) is 36.1 Å². The first-order valence-electron chi connectivity index (χ1n) is 7.65. The predicted molar refractivity (Wildman–Crippen MR) is 106 cm³/mol. The van der Waals surface area contributed by atoms with Gasteiger partial charge in [-0.25, -0.2) is 4.79 Å². The van der Waals surface area contributed by atoms with E-state index in [0.29, 0.717) is 14.8 Å². The van der Waals surface area contributed by atoms with Crippen molar-refractivity contribution >= 4 is 51.9 Å². The smallest absolute Gasteiger partial charge is 0.343 e. The van der Waals surface area contributed by atoms with Gasteiger partial charge in [0.25, 0.3) is 11.6 Å². The van der Waals surface area contributed by atoms with Crippen LogP contribution in [0.4, 0.5) is 5.69 Å². The molecule has 0 bridgehead atoms. The Bertz CT molecular complexity index is 999. The van der Waals surface area contributed by atoms with Crippen LogP contribution in [0.25, 0.3) is 6.08 Å². The standard InChI is InChI=1S/C18H12N2O5S2/c1-10-6-12(9-13(7-10)20(23)24)17(22)25-14-4-2-11(3-5-14)8-15-16(21)19-18(26)27-15/h2-9H,1H3,(H,19,21,26). The van der Waals surface area contributed by atoms with Crippen molar-refractivity contribution in [1.29, 1.82) is 0 Å². The Morgan fingerprint density at radius 3 is 2.56 bits per heavy atom. The minimum atomic E-state index is -0.691. The number of carbonyl (C=O) groups excluding carboxylic acids is 2. The van der Waals surface area contributed by atoms with E-state index in [2.05, 4.69) is 5.32 Å². The van der Waals surface area contributed by atoms with E-state index in [-0.39, 0.29) is 22.9 Å². The van der Waals surface area contributed by atoms with Gasteiger partial charge in [-0.15, -0.1) is 0 Å². The Hall–Kier alpha value is -3.04. The molecule has 2 aromatic rings. The SMILES string of the molecule is Cc1cc(C(=O)Oc2ccc(C=C3SC(=S)NC3=O)cc2)cc([N+](=O)[O-])c1. The summed E-state index contributed by atoms with van der Waals surface area (Å²) in [6.45, 7) is 1.66. The molecule has 136 valence electrons. The van der Waals surface area contributed by atoms with Crippen LogP contribution in [-0.2, 0) is 4.79 Å². The fourth-order valence-corrected chi connectivity index (χ4v) is 3.40. The molecule has 1 aliphatic heterocycles. The van der Waals surface area contributed by atoms with Gasteiger partial charge in [-0.05, 0) is 42.3 Å². The molecule has 0 spiro atoms. The number of aryl methyl sites for hydroxylation is 1. The second kappa shape index (κ2) is 7.68. The highest BCUT2D eigenvalue weighted by Gasteiger charge is 2.22. The van der Waals surface area contributed by atoms with Crippen LogP contribution in [0.1, 0.15) is 21.5 Å². The topological polar surface area (TPSA) is 98.5 Å². The third kappa shape index (κ3) is 4.57. The van der Waals surface area contributed by atoms with Crippen LogP contribution in [0.2, 0.25) is 0 Å². The van der Waals surface area contributed by atoms with Gasteiger partial charge in [0.2, 0.25) is 0 Å². The number of carbonyl (C=O) groups is 2. The number of esters is 1. The lowest BCUT2D eigenvalue weighted by molar-refractivity contribution is -0.384. The van der Waals surface area contributed by atoms with Crippen molar-refractivity contribution in [2.45, 2.75) is 6.92 Å². The number of thiocarbonyl (C=S) groups is 1. The van der Waals surface area contributed by atoms with E-state index in [1.807, 2.05) is 0 Å². The molecule has 0 aromatic heterocycles. The third-order valence-corrected chi connectivity index (χ3v) is 4.70. The summed E-state index contributed by atoms with van der Waals surface area (Å²) in [7, 11) is 0. The number of amides is 1. The quantitative estimate of drug-likeness (QED) is 0.209. The average molecular weight is 400 g/mol. The first-order valence-corrected chi connectivity index (χ1v) is 8.87. The van der Waals surface area contributed by atoms with Crippen LogP contribution in [-0.4, -0.2) is 21.1 Å². The van der Waals surface area contributed by atoms with Crippen molar-refractivity contribution in [3.8, 4) is 5.75 Å². The van der Waals surface area contributed by atoms with Crippen LogP contribution in [0.15, 0.2) is 47.4 Å². The molecule has 3 rings (SSSR count). The summed E-state index contributed by atoms with van der Waals surface area (Å²) in [6.07, 6.45) is 1.68. The van der Waals surface area contributed by atoms with Gasteiger partial charge >= 0.3 is 5.97 Å². The lowest BCUT2D eigenvalue weighted by Crippen LogP contribution is -2.17. The Balaban J connectivity index is 1.74. The molecule has 1 fully saturated rings. The predicted octanol–water partition coefficient (Wildman–Crippen LogP) is 3.61. The van der Waals surface area contributed by atoms with E-state index in [0.717, 1.165) is 5.56 Å². The van der Waals surface area contributed by atoms with Crippen LogP contribution < -0.4 is 10.1 Å². The lowest BCUT2D eigenvalue weighted by atomic mass is 10.1. The van der Waals surface area contributed by atoms with Crippen LogP contribution in [0, 0.1) is 17.0 Å². The summed E-state index contributed by atoms with van der Waals surface area (Å²) in [6, 6.07) is 10.6. The molecule has 0 radical (unpaired) electrons. The van der Waals surface area contributed by atoms with Crippen molar-refractivity contribution in [3.05, 3.63) is 74.2 Å². The van der Waals surface area contributed by atoms with Crippen molar-refractivity contribution in [3.63, 3.8) is 0 Å². The fourth-order valence-electron chi connectivity index (χ4n) is 2.36. The number of nitro benzene ring substituents is 1. The number of hydrogen-bond acceptors (Lipinski definition) is 7. The Morgan fingerprint density at radius 2 is 1.96 bits per heavy atom. The molecule has 1 saturated heterocycles. The summed E-state index contributed by atoms with van der Waals surface area (Å²) in [5.74, 6) is -0.657. The number of nitro groups is 1. The van der Waals surface area contributed by atoms with Gasteiger partial charge in [0, 0.05) is 12.1 Å². The minimum absolute atomic E-state index is 0.0976. The molecule has 0 aliphatic carbocycles. The molecule has 0 atom stereocenters. The average Bonchev–Trinajstić information content (AvgIpc) is 2.93. The third-order valence-electron chi connectivity index (χ3n) is 3.54. The highest BCUT2D eigenvalue weighted by atomic mass is 32.2. The van der Waals surface area contributed by atoms with E-state index >= 15 is 0 Å². The van der Waals surface area contributed by atoms with Gasteiger partial charge in [0.05, 0.1) is 15.4 Å². The number of non-ortho nitro benzene ring substituents is 1. The number of benzene rings is 2. The maximum atomic E-state index is 12.3. The molecule has 2 aromatic carbocycles. The lowest BCUT2D eigenvalue weighted by Gasteiger charge is -2.06. The molecule has 7 nitrogen and oxygen atoms in total. The van der Waals surface area contributed by atoms with Crippen LogP contribution in [0.3, 0.4) is 0 Å². The van der Waals surface area contributed by atoms with Crippen LogP contribution in [0.5, 0.6) is 5.75 Å². The van der Waals surface area contributed by atoms with E-state index in [4.69, 9.17) is 17.0 Å². The molecule has 1 aliphatic rings. The number of nitrogens with zero attached hydrogens (tertiary/aromatic N) is 1. The molecular weight excluding hydrogens is 388 g/mol. The zero-order chi connectivity index (χ0) is 19.6. The molecule has 27 heavy (non-hydrogen) atoms. The molecule has 1 heterocycles. The number of thioether (sulfide) groups is 1. The second-order valence-corrected chi connectivity index (χ2v) is 7.34. The second-order valence-electron chi connectivity index (χ2n) is 5.63. The van der Waals surface area contributed by atoms with Crippen molar-refractivity contribution in [1.82, 2.24) is 5.32 Å². The first-order chi connectivity index (χ1) is 12.8. The number of ether oxygens (including phenoxy) is 1. The van der Waals surface area contributed by atoms with Gasteiger partial charge in [0.1, 0.15) is 10.1 Å². The molecule has 0 unspecified atom stereocenters. The summed E-state index contributed by atoms with van der Waals surface area (Å²) in [4.78, 5) is 34.8. The van der Waals surface area contributed by atoms with E-state index in [1.165, 1.54) is 30.0 Å². The Morgan fingerprint density at radius 1 is 1.26 bits per heavy atom. The Labute approximate surface area is 163 Å². The summed E-state index contributed by atoms with van der Waals surface area (Å²) >= 11 is 6.11. The highest BCUT2D eigenvalue weighted by molar-refractivity contribution is 8.26. The van der Waals surface area contributed by atoms with E-state index in [9.17, 15) is 19.7 Å². The minimum Gasteiger partial charge on any atom is -0.423 e. The van der Waals surface area contributed by atoms with E-state index < -0.39 is 10.9 Å². The fraction of sp³-hybridized carbons (Fsp3) is 0.0556. The maximum Gasteiger partial charge on any atom is 0.343 e. The van der Waals surface area contributed by atoms with Gasteiger partial charge in [0.15, 0.2) is 0 Å². The van der Waals surface area contributed by atoms with Gasteiger partial charge in [-0.2, -0.15) is 0 Å². The number of rotatable bonds is 4. The first kappa shape index (κ1) is 18.7. The number of nitrogens with one attached hydrogen (secondary N) is 1. The van der Waals surface area contributed by atoms with E-state index in [1.54, 1.807) is 37.3 Å². The van der Waals surface area contributed by atoms with Gasteiger partial charge in [-0.3, -0.25) is 14.9 Å². The normalized spacial score (nSPS) is 14.9. The zero-order valence-corrected chi connectivity index (χ0v) is 15.6. The van der Waals surface area contributed by atoms with Crippen molar-refractivity contribution in [2.75, 3.05) is 0 Å². The van der Waals surface area contributed by atoms with Crippen LogP contribution >= 0.6 is 24.0 Å². The van der Waals surface area contributed by atoms with Gasteiger partial charge < -0.3 is 10.1 Å². The highest BCUT2D eigenvalue weighted by Crippen LogP contribution is 2.26. The molecular formula is C18H12N2O5S2. The summed E-state index contributed by atoms with van der Waals surface area (Å²) < 4.78 is 5.67. The van der Waals surface area contributed by atoms with Crippen molar-refractivity contribution in [2.24, 2.45) is 0 Å². The summed E-state index contributed by atoms with van der Waals surface area (Å²) in [5.41, 5.74) is 1.25. The maximum absolute atomic E-state index is 12.3. The largest absolute Gasteiger partial charge is 0.423 e. The molecule has 0 saturated carbocycles. The molecule has 9 heteroatoms. The number of hydrogen-bond donors (Lipinski definition) is 1. The Kier molecular flexibility index (Phi) is 5.33. The zero-order valence-electron chi connectivity index (χ0n) is 13.9. The monoisotopic (exact) mass is 400 g/mol.